The van der Waals surface area contributed by atoms with Crippen LogP contribution in [0.5, 0.6) is 0 Å². The highest BCUT2D eigenvalue weighted by Gasteiger charge is 2.36. The van der Waals surface area contributed by atoms with Crippen LogP contribution in [0, 0.1) is 6.92 Å². The van der Waals surface area contributed by atoms with Gasteiger partial charge in [0.15, 0.2) is 12.3 Å². The minimum atomic E-state index is -1.59. The third-order valence-electron chi connectivity index (χ3n) is 2.81. The number of amides is 1. The molecule has 1 saturated heterocycles. The van der Waals surface area contributed by atoms with E-state index < -0.39 is 18.3 Å². The number of likely N-dealkylation sites (tertiary alicyclic amines) is 1. The molecule has 5 nitrogen and oxygen atoms in total. The van der Waals surface area contributed by atoms with Gasteiger partial charge in [-0.05, 0) is 6.92 Å². The summed E-state index contributed by atoms with van der Waals surface area (Å²) in [5.74, 6) is 0.175. The van der Waals surface area contributed by atoms with E-state index in [2.05, 4.69) is 10.4 Å². The number of alkyl halides is 2. The number of hydrogen-bond acceptors (Lipinski definition) is 3. The molecule has 1 aliphatic heterocycles. The van der Waals surface area contributed by atoms with Gasteiger partial charge >= 0.3 is 0 Å². The lowest BCUT2D eigenvalue weighted by Gasteiger charge is -2.12. The molecule has 0 spiro atoms. The van der Waals surface area contributed by atoms with Crippen molar-refractivity contribution < 1.29 is 13.6 Å². The molecule has 2 heterocycles. The fourth-order valence-electron chi connectivity index (χ4n) is 1.85. The number of rotatable bonds is 2. The third kappa shape index (κ3) is 2.09. The summed E-state index contributed by atoms with van der Waals surface area (Å²) in [5, 5.41) is 0. The third-order valence-corrected chi connectivity index (χ3v) is 2.81. The number of aromatic nitrogens is 2. The van der Waals surface area contributed by atoms with E-state index in [0.717, 1.165) is 4.90 Å². The molecule has 94 valence electrons. The van der Waals surface area contributed by atoms with Crippen molar-refractivity contribution in [3.63, 3.8) is 0 Å². The highest BCUT2D eigenvalue weighted by molar-refractivity contribution is 5.92. The molecule has 0 radical (unpaired) electrons. The first kappa shape index (κ1) is 11.8. The Labute approximate surface area is 97.4 Å². The fraction of sp³-hybridized carbons (Fsp3) is 0.600. The van der Waals surface area contributed by atoms with Crippen molar-refractivity contribution in [3.05, 3.63) is 17.7 Å². The lowest BCUT2D eigenvalue weighted by Crippen LogP contribution is -2.29. The maximum atomic E-state index is 13.0. The normalized spacial score (nSPS) is 24.1. The summed E-state index contributed by atoms with van der Waals surface area (Å²) < 4.78 is 27.5. The van der Waals surface area contributed by atoms with E-state index in [1.807, 2.05) is 0 Å². The van der Waals surface area contributed by atoms with E-state index in [1.165, 1.54) is 6.20 Å². The number of carbonyl (C=O) groups excluding carboxylic acids is 1. The Hall–Kier alpha value is -1.66. The Balaban J connectivity index is 2.14. The average molecular weight is 244 g/mol. The highest BCUT2D eigenvalue weighted by atomic mass is 19.2. The van der Waals surface area contributed by atoms with Crippen molar-refractivity contribution in [2.24, 2.45) is 0 Å². The molecule has 2 atom stereocenters. The average Bonchev–Trinajstić information content (AvgIpc) is 2.82. The molecule has 1 amide bonds. The molecule has 17 heavy (non-hydrogen) atoms. The molecule has 2 rings (SSSR count). The predicted molar refractivity (Wildman–Crippen MR) is 57.9 cm³/mol. The lowest BCUT2D eigenvalue weighted by molar-refractivity contribution is 0.0773. The van der Waals surface area contributed by atoms with E-state index in [-0.39, 0.29) is 18.8 Å². The van der Waals surface area contributed by atoms with Gasteiger partial charge in [-0.3, -0.25) is 9.47 Å². The first-order valence-electron chi connectivity index (χ1n) is 5.34. The number of halogens is 2. The Morgan fingerprint density at radius 3 is 2.53 bits per heavy atom. The number of nitrogens with one attached hydrogen (secondary N) is 1. The van der Waals surface area contributed by atoms with E-state index in [0.29, 0.717) is 5.82 Å². The largest absolute Gasteiger partial charge is 0.331 e. The van der Waals surface area contributed by atoms with Crippen LogP contribution in [-0.4, -0.2) is 52.9 Å². The molecule has 1 fully saturated rings. The molecule has 1 aliphatic rings. The first-order valence-corrected chi connectivity index (χ1v) is 5.34. The van der Waals surface area contributed by atoms with Gasteiger partial charge in [0, 0.05) is 7.05 Å². The SMILES string of the molecule is CNn1cc(C(=O)N2C[C@@H](F)[C@@H](F)C2)nc1C. The molecule has 1 aromatic heterocycles. The van der Waals surface area contributed by atoms with Crippen LogP contribution in [0.15, 0.2) is 6.20 Å². The van der Waals surface area contributed by atoms with Gasteiger partial charge in [-0.25, -0.2) is 13.8 Å². The second-order valence-electron chi connectivity index (χ2n) is 4.01. The van der Waals surface area contributed by atoms with Crippen molar-refractivity contribution in [2.75, 3.05) is 25.6 Å². The van der Waals surface area contributed by atoms with Gasteiger partial charge in [0.1, 0.15) is 11.5 Å². The van der Waals surface area contributed by atoms with Gasteiger partial charge in [0.05, 0.1) is 19.3 Å². The van der Waals surface area contributed by atoms with Crippen molar-refractivity contribution in [1.82, 2.24) is 14.6 Å². The minimum Gasteiger partial charge on any atom is -0.331 e. The quantitative estimate of drug-likeness (QED) is 0.824. The summed E-state index contributed by atoms with van der Waals surface area (Å²) in [4.78, 5) is 17.1. The Kier molecular flexibility index (Phi) is 2.99. The lowest BCUT2D eigenvalue weighted by atomic mass is 10.3. The molecule has 0 unspecified atom stereocenters. The standard InChI is InChI=1S/C10H14F2N4O/c1-6-14-9(5-16(6)13-2)10(17)15-3-7(11)8(12)4-15/h5,7-8,13H,3-4H2,1-2H3/t7-,8+. The minimum absolute atomic E-state index is 0.193. The fourth-order valence-corrected chi connectivity index (χ4v) is 1.85. The summed E-state index contributed by atoms with van der Waals surface area (Å²) >= 11 is 0. The number of carbonyl (C=O) groups is 1. The Bertz CT molecular complexity index is 424. The summed E-state index contributed by atoms with van der Waals surface area (Å²) in [5.41, 5.74) is 3.01. The topological polar surface area (TPSA) is 50.2 Å². The monoisotopic (exact) mass is 244 g/mol. The van der Waals surface area contributed by atoms with Gasteiger partial charge in [-0.1, -0.05) is 0 Å². The molecule has 0 saturated carbocycles. The summed E-state index contributed by atoms with van der Waals surface area (Å²) in [6.07, 6.45) is -1.67. The van der Waals surface area contributed by atoms with Crippen molar-refractivity contribution >= 4 is 5.91 Å². The first-order chi connectivity index (χ1) is 8.02. The molecular formula is C10H14F2N4O. The highest BCUT2D eigenvalue weighted by Crippen LogP contribution is 2.18. The van der Waals surface area contributed by atoms with Gasteiger partial charge in [0.2, 0.25) is 0 Å². The summed E-state index contributed by atoms with van der Waals surface area (Å²) in [6.45, 7) is 1.32. The number of nitrogens with zero attached hydrogens (tertiary/aromatic N) is 3. The predicted octanol–water partition coefficient (Wildman–Crippen LogP) is 0.497. The van der Waals surface area contributed by atoms with Gasteiger partial charge < -0.3 is 10.3 Å². The number of hydrogen-bond donors (Lipinski definition) is 1. The Morgan fingerprint density at radius 1 is 1.47 bits per heavy atom. The second-order valence-corrected chi connectivity index (χ2v) is 4.01. The van der Waals surface area contributed by atoms with E-state index in [4.69, 9.17) is 0 Å². The van der Waals surface area contributed by atoms with E-state index >= 15 is 0 Å². The summed E-state index contributed by atoms with van der Waals surface area (Å²) in [6, 6.07) is 0. The van der Waals surface area contributed by atoms with Crippen LogP contribution < -0.4 is 5.43 Å². The molecule has 0 bridgehead atoms. The van der Waals surface area contributed by atoms with Crippen molar-refractivity contribution in [1.29, 1.82) is 0 Å². The van der Waals surface area contributed by atoms with Crippen LogP contribution in [0.2, 0.25) is 0 Å². The zero-order chi connectivity index (χ0) is 12.6. The van der Waals surface area contributed by atoms with E-state index in [9.17, 15) is 13.6 Å². The van der Waals surface area contributed by atoms with Crippen molar-refractivity contribution in [2.45, 2.75) is 19.3 Å². The molecule has 1 N–H and O–H groups in total. The van der Waals surface area contributed by atoms with E-state index in [1.54, 1.807) is 18.6 Å². The Morgan fingerprint density at radius 2 is 2.06 bits per heavy atom. The van der Waals surface area contributed by atoms with Crippen LogP contribution in [0.25, 0.3) is 0 Å². The zero-order valence-electron chi connectivity index (χ0n) is 9.65. The maximum Gasteiger partial charge on any atom is 0.274 e. The van der Waals surface area contributed by atoms with Crippen LogP contribution in [0.3, 0.4) is 0 Å². The molecule has 7 heteroatoms. The number of aryl methyl sites for hydroxylation is 1. The number of imidazole rings is 1. The second kappa shape index (κ2) is 4.31. The smallest absolute Gasteiger partial charge is 0.274 e. The molecule has 0 aliphatic carbocycles. The van der Waals surface area contributed by atoms with Crippen LogP contribution in [0.1, 0.15) is 16.3 Å². The maximum absolute atomic E-state index is 13.0. The van der Waals surface area contributed by atoms with Gasteiger partial charge in [0.25, 0.3) is 5.91 Å². The molecule has 1 aromatic rings. The zero-order valence-corrected chi connectivity index (χ0v) is 9.65. The van der Waals surface area contributed by atoms with Gasteiger partial charge in [-0.15, -0.1) is 0 Å². The van der Waals surface area contributed by atoms with Crippen LogP contribution in [-0.2, 0) is 0 Å². The summed E-state index contributed by atoms with van der Waals surface area (Å²) in [7, 11) is 1.69. The van der Waals surface area contributed by atoms with Crippen LogP contribution in [0.4, 0.5) is 8.78 Å². The van der Waals surface area contributed by atoms with Crippen LogP contribution >= 0.6 is 0 Å². The van der Waals surface area contributed by atoms with Crippen molar-refractivity contribution in [3.8, 4) is 0 Å². The molecular weight excluding hydrogens is 230 g/mol. The molecule has 0 aromatic carbocycles. The van der Waals surface area contributed by atoms with Gasteiger partial charge in [-0.2, -0.15) is 0 Å².